The van der Waals surface area contributed by atoms with Gasteiger partial charge in [0.2, 0.25) is 0 Å². The van der Waals surface area contributed by atoms with Crippen LogP contribution in [0.25, 0.3) is 0 Å². The van der Waals surface area contributed by atoms with Crippen molar-refractivity contribution in [2.45, 2.75) is 6.54 Å². The Morgan fingerprint density at radius 3 is 2.52 bits per heavy atom. The van der Waals surface area contributed by atoms with Crippen molar-refractivity contribution in [1.29, 1.82) is 0 Å². The predicted molar refractivity (Wildman–Crippen MR) is 108 cm³/mol. The molecular weight excluding hydrogens is 368 g/mol. The first-order valence-corrected chi connectivity index (χ1v) is 8.99. The van der Waals surface area contributed by atoms with Crippen LogP contribution in [0, 0.1) is 0 Å². The highest BCUT2D eigenvalue weighted by atomic mass is 16.5. The van der Waals surface area contributed by atoms with Crippen LogP contribution in [0.1, 0.15) is 16.2 Å². The number of furan rings is 1. The molecule has 0 atom stereocenters. The van der Waals surface area contributed by atoms with Crippen molar-refractivity contribution >= 4 is 17.4 Å². The van der Waals surface area contributed by atoms with Crippen LogP contribution in [0.5, 0.6) is 11.5 Å². The summed E-state index contributed by atoms with van der Waals surface area (Å²) in [6.07, 6.45) is 4.47. The lowest BCUT2D eigenvalue weighted by Gasteiger charge is -2.12. The van der Waals surface area contributed by atoms with Gasteiger partial charge in [-0.25, -0.2) is 9.97 Å². The fraction of sp³-hybridized carbons (Fsp3) is 0.0455. The first-order valence-electron chi connectivity index (χ1n) is 8.99. The van der Waals surface area contributed by atoms with Crippen LogP contribution >= 0.6 is 0 Å². The van der Waals surface area contributed by atoms with Crippen LogP contribution in [0.4, 0.5) is 11.5 Å². The average Bonchev–Trinajstić information content (AvgIpc) is 3.28. The van der Waals surface area contributed by atoms with Crippen molar-refractivity contribution in [3.63, 3.8) is 0 Å². The molecule has 0 saturated carbocycles. The van der Waals surface area contributed by atoms with Gasteiger partial charge in [0.25, 0.3) is 5.91 Å². The highest BCUT2D eigenvalue weighted by molar-refractivity contribution is 5.92. The molecule has 0 unspecified atom stereocenters. The first-order chi connectivity index (χ1) is 14.3. The molecule has 2 heterocycles. The number of para-hydroxylation sites is 3. The van der Waals surface area contributed by atoms with Gasteiger partial charge in [-0.05, 0) is 36.4 Å². The minimum Gasteiger partial charge on any atom is -0.467 e. The highest BCUT2D eigenvalue weighted by Gasteiger charge is 2.10. The molecular formula is C22H18N4O3. The molecule has 2 aromatic carbocycles. The monoisotopic (exact) mass is 386 g/mol. The van der Waals surface area contributed by atoms with E-state index in [0.29, 0.717) is 17.3 Å². The number of rotatable bonds is 7. The number of hydrogen-bond acceptors (Lipinski definition) is 6. The van der Waals surface area contributed by atoms with Crippen LogP contribution < -0.4 is 15.4 Å². The van der Waals surface area contributed by atoms with E-state index in [1.54, 1.807) is 18.4 Å². The summed E-state index contributed by atoms with van der Waals surface area (Å²) >= 11 is 0. The second-order valence-corrected chi connectivity index (χ2v) is 6.09. The molecule has 2 N–H and O–H groups in total. The maximum atomic E-state index is 12.2. The van der Waals surface area contributed by atoms with Gasteiger partial charge >= 0.3 is 0 Å². The van der Waals surface area contributed by atoms with Gasteiger partial charge in [0.05, 0.1) is 30.9 Å². The fourth-order valence-corrected chi connectivity index (χ4v) is 2.59. The number of nitrogens with zero attached hydrogens (tertiary/aromatic N) is 2. The Kier molecular flexibility index (Phi) is 5.48. The number of hydrogen-bond donors (Lipinski definition) is 2. The SMILES string of the molecule is O=C(NCc1ccco1)c1cnc(Nc2ccccc2Oc2ccccc2)cn1. The van der Waals surface area contributed by atoms with Crippen LogP contribution in [0.3, 0.4) is 0 Å². The van der Waals surface area contributed by atoms with Crippen LogP contribution in [-0.2, 0) is 6.54 Å². The quantitative estimate of drug-likeness (QED) is 0.485. The third-order valence-corrected chi connectivity index (χ3v) is 4.01. The van der Waals surface area contributed by atoms with E-state index >= 15 is 0 Å². The summed E-state index contributed by atoms with van der Waals surface area (Å²) in [5.41, 5.74) is 0.955. The van der Waals surface area contributed by atoms with E-state index in [1.165, 1.54) is 12.4 Å². The van der Waals surface area contributed by atoms with Gasteiger partial charge < -0.3 is 19.8 Å². The molecule has 1 amide bonds. The second kappa shape index (κ2) is 8.71. The average molecular weight is 386 g/mol. The summed E-state index contributed by atoms with van der Waals surface area (Å²) in [5.74, 6) is 2.22. The van der Waals surface area contributed by atoms with Crippen molar-refractivity contribution in [2.75, 3.05) is 5.32 Å². The zero-order chi connectivity index (χ0) is 19.9. The summed E-state index contributed by atoms with van der Waals surface area (Å²) < 4.78 is 11.1. The molecule has 144 valence electrons. The molecule has 2 aromatic heterocycles. The van der Waals surface area contributed by atoms with Gasteiger partial charge in [-0.3, -0.25) is 4.79 Å². The smallest absolute Gasteiger partial charge is 0.271 e. The van der Waals surface area contributed by atoms with Gasteiger partial charge in [-0.1, -0.05) is 30.3 Å². The number of benzene rings is 2. The lowest BCUT2D eigenvalue weighted by Crippen LogP contribution is -2.23. The zero-order valence-corrected chi connectivity index (χ0v) is 15.4. The molecule has 7 nitrogen and oxygen atoms in total. The van der Waals surface area contributed by atoms with E-state index in [2.05, 4.69) is 20.6 Å². The molecule has 0 aliphatic heterocycles. The Morgan fingerprint density at radius 2 is 1.76 bits per heavy atom. The van der Waals surface area contributed by atoms with Crippen LogP contribution in [-0.4, -0.2) is 15.9 Å². The molecule has 0 aliphatic carbocycles. The summed E-state index contributed by atoms with van der Waals surface area (Å²) in [4.78, 5) is 20.6. The van der Waals surface area contributed by atoms with E-state index in [4.69, 9.17) is 9.15 Å². The molecule has 4 rings (SSSR count). The van der Waals surface area contributed by atoms with Gasteiger partial charge in [0, 0.05) is 0 Å². The number of carbonyl (C=O) groups excluding carboxylic acids is 1. The lowest BCUT2D eigenvalue weighted by atomic mass is 10.3. The van der Waals surface area contributed by atoms with Crippen LogP contribution in [0.2, 0.25) is 0 Å². The predicted octanol–water partition coefficient (Wildman–Crippen LogP) is 4.54. The molecule has 4 aromatic rings. The molecule has 0 radical (unpaired) electrons. The number of nitrogens with one attached hydrogen (secondary N) is 2. The van der Waals surface area contributed by atoms with E-state index in [1.807, 2.05) is 54.6 Å². The van der Waals surface area contributed by atoms with Crippen molar-refractivity contribution in [3.8, 4) is 11.5 Å². The number of aromatic nitrogens is 2. The van der Waals surface area contributed by atoms with Gasteiger partial charge in [-0.15, -0.1) is 0 Å². The molecule has 0 spiro atoms. The van der Waals surface area contributed by atoms with Gasteiger partial charge in [-0.2, -0.15) is 0 Å². The maximum absolute atomic E-state index is 12.2. The Balaban J connectivity index is 1.42. The Morgan fingerprint density at radius 1 is 0.931 bits per heavy atom. The first kappa shape index (κ1) is 18.2. The number of amides is 1. The van der Waals surface area contributed by atoms with Crippen molar-refractivity contribution in [3.05, 3.63) is 96.8 Å². The Bertz CT molecular complexity index is 1060. The fourth-order valence-electron chi connectivity index (χ4n) is 2.59. The second-order valence-electron chi connectivity index (χ2n) is 6.09. The van der Waals surface area contributed by atoms with Gasteiger partial charge in [0.1, 0.15) is 23.0 Å². The molecule has 0 bridgehead atoms. The maximum Gasteiger partial charge on any atom is 0.271 e. The van der Waals surface area contributed by atoms with E-state index in [9.17, 15) is 4.79 Å². The van der Waals surface area contributed by atoms with Crippen molar-refractivity contribution in [2.24, 2.45) is 0 Å². The minimum atomic E-state index is -0.326. The lowest BCUT2D eigenvalue weighted by molar-refractivity contribution is 0.0942. The Labute approximate surface area is 167 Å². The van der Waals surface area contributed by atoms with Crippen molar-refractivity contribution < 1.29 is 13.9 Å². The number of ether oxygens (including phenoxy) is 1. The van der Waals surface area contributed by atoms with Gasteiger partial charge in [0.15, 0.2) is 5.75 Å². The normalized spacial score (nSPS) is 10.3. The highest BCUT2D eigenvalue weighted by Crippen LogP contribution is 2.30. The summed E-state index contributed by atoms with van der Waals surface area (Å²) in [7, 11) is 0. The largest absolute Gasteiger partial charge is 0.467 e. The van der Waals surface area contributed by atoms with E-state index in [-0.39, 0.29) is 18.1 Å². The Hall–Kier alpha value is -4.13. The summed E-state index contributed by atoms with van der Waals surface area (Å²) in [5, 5.41) is 5.90. The van der Waals surface area contributed by atoms with E-state index in [0.717, 1.165) is 11.4 Å². The molecule has 29 heavy (non-hydrogen) atoms. The van der Waals surface area contributed by atoms with Crippen LogP contribution in [0.15, 0.2) is 89.8 Å². The molecule has 0 aliphatic rings. The number of carbonyl (C=O) groups is 1. The molecule has 0 saturated heterocycles. The third kappa shape index (κ3) is 4.78. The minimum absolute atomic E-state index is 0.218. The number of anilines is 2. The topological polar surface area (TPSA) is 89.3 Å². The standard InChI is InChI=1S/C22H18N4O3/c27-22(25-13-17-9-6-12-28-17)19-14-24-21(15-23-19)26-18-10-4-5-11-20(18)29-16-7-2-1-3-8-16/h1-12,14-15H,13H2,(H,24,26)(H,25,27). The summed E-state index contributed by atoms with van der Waals surface area (Å²) in [6, 6.07) is 20.6. The third-order valence-electron chi connectivity index (χ3n) is 4.01. The van der Waals surface area contributed by atoms with Crippen molar-refractivity contribution in [1.82, 2.24) is 15.3 Å². The molecule has 7 heteroatoms. The summed E-state index contributed by atoms with van der Waals surface area (Å²) in [6.45, 7) is 0.289. The zero-order valence-electron chi connectivity index (χ0n) is 15.4. The van der Waals surface area contributed by atoms with E-state index < -0.39 is 0 Å². The molecule has 0 fully saturated rings.